The minimum atomic E-state index is -4.19. The van der Waals surface area contributed by atoms with Gasteiger partial charge in [0.15, 0.2) is 5.96 Å². The van der Waals surface area contributed by atoms with Gasteiger partial charge in [0.2, 0.25) is 10.0 Å². The van der Waals surface area contributed by atoms with Crippen LogP contribution in [0.3, 0.4) is 0 Å². The summed E-state index contributed by atoms with van der Waals surface area (Å²) in [6.07, 6.45) is -3.59. The molecule has 12 heteroatoms. The number of nitrogens with one attached hydrogen (secondary N) is 2. The number of hydrogen-bond donors (Lipinski definition) is 2. The molecule has 0 spiro atoms. The van der Waals surface area contributed by atoms with Crippen molar-refractivity contribution >= 4 is 40.0 Å². The van der Waals surface area contributed by atoms with Crippen LogP contribution in [0.1, 0.15) is 18.9 Å². The van der Waals surface area contributed by atoms with E-state index in [2.05, 4.69) is 15.6 Å². The van der Waals surface area contributed by atoms with Crippen LogP contribution in [0.2, 0.25) is 0 Å². The molecule has 1 atom stereocenters. The maximum atomic E-state index is 12.5. The highest BCUT2D eigenvalue weighted by molar-refractivity contribution is 14.0. The van der Waals surface area contributed by atoms with Crippen LogP contribution in [-0.2, 0) is 16.6 Å². The van der Waals surface area contributed by atoms with Crippen molar-refractivity contribution in [1.82, 2.24) is 19.8 Å². The number of aliphatic imine (C=N–C) groups is 1. The van der Waals surface area contributed by atoms with Crippen molar-refractivity contribution in [3.63, 3.8) is 0 Å². The largest absolute Gasteiger partial charge is 0.401 e. The van der Waals surface area contributed by atoms with E-state index in [9.17, 15) is 21.6 Å². The van der Waals surface area contributed by atoms with Gasteiger partial charge in [0, 0.05) is 39.8 Å². The Morgan fingerprint density at radius 2 is 1.90 bits per heavy atom. The van der Waals surface area contributed by atoms with E-state index in [1.807, 2.05) is 6.92 Å². The van der Waals surface area contributed by atoms with E-state index in [0.717, 1.165) is 9.87 Å². The molecule has 1 unspecified atom stereocenters. The SMILES string of the molecule is CCNC(=NCc1ccc(S(=O)(=O)N(C)C)cc1)NC1CCN(CC(F)(F)F)C1.I. The summed E-state index contributed by atoms with van der Waals surface area (Å²) in [7, 11) is -0.534. The third kappa shape index (κ3) is 8.19. The van der Waals surface area contributed by atoms with Crippen LogP contribution in [0.15, 0.2) is 34.2 Å². The number of benzene rings is 1. The normalized spacial score (nSPS) is 18.4. The van der Waals surface area contributed by atoms with E-state index >= 15 is 0 Å². The van der Waals surface area contributed by atoms with Gasteiger partial charge in [-0.15, -0.1) is 24.0 Å². The number of alkyl halides is 3. The molecule has 7 nitrogen and oxygen atoms in total. The van der Waals surface area contributed by atoms with Gasteiger partial charge in [0.1, 0.15) is 0 Å². The predicted molar refractivity (Wildman–Crippen MR) is 122 cm³/mol. The average molecular weight is 563 g/mol. The van der Waals surface area contributed by atoms with Crippen molar-refractivity contribution in [2.24, 2.45) is 4.99 Å². The van der Waals surface area contributed by atoms with Crippen LogP contribution in [0.25, 0.3) is 0 Å². The van der Waals surface area contributed by atoms with E-state index in [4.69, 9.17) is 0 Å². The monoisotopic (exact) mass is 563 g/mol. The molecular weight excluding hydrogens is 534 g/mol. The number of rotatable bonds is 7. The second kappa shape index (κ2) is 11.5. The molecule has 2 N–H and O–H groups in total. The summed E-state index contributed by atoms with van der Waals surface area (Å²) in [6, 6.07) is 6.36. The van der Waals surface area contributed by atoms with Gasteiger partial charge in [-0.05, 0) is 31.0 Å². The Labute approximate surface area is 193 Å². The van der Waals surface area contributed by atoms with Gasteiger partial charge in [-0.3, -0.25) is 4.90 Å². The Balaban J connectivity index is 0.00000450. The molecule has 2 rings (SSSR count). The Kier molecular flexibility index (Phi) is 10.3. The summed E-state index contributed by atoms with van der Waals surface area (Å²) in [6.45, 7) is 2.63. The van der Waals surface area contributed by atoms with Crippen molar-refractivity contribution in [3.05, 3.63) is 29.8 Å². The summed E-state index contributed by atoms with van der Waals surface area (Å²) in [5, 5.41) is 6.27. The van der Waals surface area contributed by atoms with Crippen molar-refractivity contribution < 1.29 is 21.6 Å². The summed E-state index contributed by atoms with van der Waals surface area (Å²) < 4.78 is 63.0. The van der Waals surface area contributed by atoms with Gasteiger partial charge < -0.3 is 10.6 Å². The molecule has 1 aliphatic rings. The first-order valence-electron chi connectivity index (χ1n) is 9.36. The zero-order valence-corrected chi connectivity index (χ0v) is 20.4. The molecule has 0 radical (unpaired) electrons. The van der Waals surface area contributed by atoms with Crippen molar-refractivity contribution in [3.8, 4) is 0 Å². The number of hydrogen-bond acceptors (Lipinski definition) is 4. The van der Waals surface area contributed by atoms with Crippen molar-refractivity contribution in [1.29, 1.82) is 0 Å². The highest BCUT2D eigenvalue weighted by atomic mass is 127. The molecule has 0 saturated carbocycles. The van der Waals surface area contributed by atoms with Crippen molar-refractivity contribution in [2.45, 2.75) is 37.0 Å². The Morgan fingerprint density at radius 1 is 1.27 bits per heavy atom. The molecule has 0 aliphatic carbocycles. The zero-order chi connectivity index (χ0) is 21.7. The van der Waals surface area contributed by atoms with Crippen LogP contribution in [0.5, 0.6) is 0 Å². The van der Waals surface area contributed by atoms with E-state index < -0.39 is 22.7 Å². The highest BCUT2D eigenvalue weighted by Crippen LogP contribution is 2.20. The maximum absolute atomic E-state index is 12.5. The van der Waals surface area contributed by atoms with E-state index in [-0.39, 0.29) is 34.9 Å². The fourth-order valence-electron chi connectivity index (χ4n) is 3.01. The predicted octanol–water partition coefficient (Wildman–Crippen LogP) is 2.25. The topological polar surface area (TPSA) is 77.0 Å². The summed E-state index contributed by atoms with van der Waals surface area (Å²) in [5.74, 6) is 0.524. The molecule has 1 saturated heterocycles. The second-order valence-corrected chi connectivity index (χ2v) is 9.26. The van der Waals surface area contributed by atoms with Crippen LogP contribution in [-0.4, -0.2) is 76.1 Å². The lowest BCUT2D eigenvalue weighted by Crippen LogP contribution is -2.45. The minimum absolute atomic E-state index is 0. The average Bonchev–Trinajstić information content (AvgIpc) is 3.05. The number of guanidine groups is 1. The van der Waals surface area contributed by atoms with Crippen LogP contribution < -0.4 is 10.6 Å². The summed E-state index contributed by atoms with van der Waals surface area (Å²) >= 11 is 0. The first kappa shape index (κ1) is 26.9. The smallest absolute Gasteiger partial charge is 0.357 e. The molecule has 0 aromatic heterocycles. The first-order valence-corrected chi connectivity index (χ1v) is 10.8. The highest BCUT2D eigenvalue weighted by Gasteiger charge is 2.34. The van der Waals surface area contributed by atoms with Gasteiger partial charge in [-0.1, -0.05) is 12.1 Å². The second-order valence-electron chi connectivity index (χ2n) is 7.11. The lowest BCUT2D eigenvalue weighted by molar-refractivity contribution is -0.143. The molecule has 1 fully saturated rings. The van der Waals surface area contributed by atoms with E-state index in [0.29, 0.717) is 38.6 Å². The molecule has 172 valence electrons. The molecular formula is C18H29F3IN5O2S. The van der Waals surface area contributed by atoms with Crippen LogP contribution in [0, 0.1) is 0 Å². The van der Waals surface area contributed by atoms with E-state index in [1.54, 1.807) is 12.1 Å². The molecule has 1 aromatic rings. The lowest BCUT2D eigenvalue weighted by Gasteiger charge is -2.19. The molecule has 0 bridgehead atoms. The number of halogens is 4. The van der Waals surface area contributed by atoms with Crippen LogP contribution in [0.4, 0.5) is 13.2 Å². The minimum Gasteiger partial charge on any atom is -0.357 e. The third-order valence-electron chi connectivity index (χ3n) is 4.48. The van der Waals surface area contributed by atoms with Crippen LogP contribution >= 0.6 is 24.0 Å². The van der Waals surface area contributed by atoms with Crippen molar-refractivity contribution in [2.75, 3.05) is 40.3 Å². The zero-order valence-electron chi connectivity index (χ0n) is 17.2. The van der Waals surface area contributed by atoms with Gasteiger partial charge in [-0.2, -0.15) is 13.2 Å². The van der Waals surface area contributed by atoms with Gasteiger partial charge >= 0.3 is 6.18 Å². The fraction of sp³-hybridized carbons (Fsp3) is 0.611. The van der Waals surface area contributed by atoms with Gasteiger partial charge in [0.25, 0.3) is 0 Å². The third-order valence-corrected chi connectivity index (χ3v) is 6.31. The number of likely N-dealkylation sites (tertiary alicyclic amines) is 1. The van der Waals surface area contributed by atoms with Gasteiger partial charge in [-0.25, -0.2) is 17.7 Å². The number of sulfonamides is 1. The molecule has 1 aliphatic heterocycles. The maximum Gasteiger partial charge on any atom is 0.401 e. The van der Waals surface area contributed by atoms with E-state index in [1.165, 1.54) is 31.1 Å². The molecule has 30 heavy (non-hydrogen) atoms. The quantitative estimate of drug-likeness (QED) is 0.303. The first-order chi connectivity index (χ1) is 13.5. The number of nitrogens with zero attached hydrogens (tertiary/aromatic N) is 3. The lowest BCUT2D eigenvalue weighted by atomic mass is 10.2. The molecule has 1 aromatic carbocycles. The summed E-state index contributed by atoms with van der Waals surface area (Å²) in [5.41, 5.74) is 0.824. The Hall–Kier alpha value is -1.12. The molecule has 1 heterocycles. The molecule has 0 amide bonds. The summed E-state index contributed by atoms with van der Waals surface area (Å²) in [4.78, 5) is 6.05. The van der Waals surface area contributed by atoms with Gasteiger partial charge in [0.05, 0.1) is 18.0 Å². The Bertz CT molecular complexity index is 801. The standard InChI is InChI=1S/C18H28F3N5O2S.HI/c1-4-22-17(24-15-9-10-26(12-15)13-18(19,20)21)23-11-14-5-7-16(8-6-14)29(27,28)25(2)3;/h5-8,15H,4,9-13H2,1-3H3,(H2,22,23,24);1H. The Morgan fingerprint density at radius 3 is 2.43 bits per heavy atom. The fourth-order valence-corrected chi connectivity index (χ4v) is 3.91.